The van der Waals surface area contributed by atoms with Gasteiger partial charge >= 0.3 is 0 Å². The first-order chi connectivity index (χ1) is 21.8. The van der Waals surface area contributed by atoms with Crippen LogP contribution in [0.25, 0.3) is 0 Å². The number of aromatic nitrogens is 2. The second-order valence-electron chi connectivity index (χ2n) is 13.9. The second kappa shape index (κ2) is 28.9. The van der Waals surface area contributed by atoms with Crippen molar-refractivity contribution in [1.82, 2.24) is 4.57 Å². The zero-order chi connectivity index (χ0) is 31.2. The second-order valence-corrected chi connectivity index (χ2v) is 13.9. The van der Waals surface area contributed by atoms with Crippen molar-refractivity contribution in [1.29, 1.82) is 0 Å². The lowest BCUT2D eigenvalue weighted by Crippen LogP contribution is -2.37. The smallest absolute Gasteiger partial charge is 0.234 e. The minimum absolute atomic E-state index is 1.15. The standard InChI is InChI=1S/C42H75N2/c1-3-5-7-9-11-13-14-15-16-17-18-19-20-22-24-26-31-37-43-39-40-44(38-32-35-41-33-28-27-29-34-41)42(43)36-30-25-23-21-12-10-8-6-4-2/h27-29,33-34,39-40H,3-26,30-32,35-38H2,1-2H3/q+1. The SMILES string of the molecule is CCCCCCCCCCCCCCCCCCCn1cc[n+](CCCc2ccccc2)c1CCCCCCCCCCC. The highest BCUT2D eigenvalue weighted by Crippen LogP contribution is 2.16. The van der Waals surface area contributed by atoms with E-state index in [-0.39, 0.29) is 0 Å². The molecule has 0 fully saturated rings. The molecule has 0 amide bonds. The van der Waals surface area contributed by atoms with Crippen LogP contribution in [0, 0.1) is 0 Å². The van der Waals surface area contributed by atoms with Crippen molar-refractivity contribution >= 4 is 0 Å². The molecule has 0 saturated heterocycles. The Balaban J connectivity index is 1.58. The summed E-state index contributed by atoms with van der Waals surface area (Å²) in [6.45, 7) is 6.97. The molecule has 0 unspecified atom stereocenters. The Morgan fingerprint density at radius 1 is 0.455 bits per heavy atom. The number of hydrogen-bond donors (Lipinski definition) is 0. The van der Waals surface area contributed by atoms with Gasteiger partial charge in [-0.3, -0.25) is 0 Å². The minimum atomic E-state index is 1.15. The summed E-state index contributed by atoms with van der Waals surface area (Å²) in [5.74, 6) is 1.58. The molecule has 2 nitrogen and oxygen atoms in total. The Labute approximate surface area is 275 Å². The maximum atomic E-state index is 2.61. The van der Waals surface area contributed by atoms with Crippen molar-refractivity contribution in [2.45, 2.75) is 213 Å². The fourth-order valence-electron chi connectivity index (χ4n) is 6.89. The summed E-state index contributed by atoms with van der Waals surface area (Å²) >= 11 is 0. The Morgan fingerprint density at radius 2 is 0.886 bits per heavy atom. The summed E-state index contributed by atoms with van der Waals surface area (Å²) in [5.41, 5.74) is 1.47. The topological polar surface area (TPSA) is 8.81 Å². The van der Waals surface area contributed by atoms with Gasteiger partial charge < -0.3 is 0 Å². The van der Waals surface area contributed by atoms with Crippen molar-refractivity contribution in [3.63, 3.8) is 0 Å². The quantitative estimate of drug-likeness (QED) is 0.0578. The summed E-state index contributed by atoms with van der Waals surface area (Å²) in [4.78, 5) is 0. The molecule has 2 aromatic rings. The van der Waals surface area contributed by atoms with Gasteiger partial charge in [0.15, 0.2) is 0 Å². The monoisotopic (exact) mass is 608 g/mol. The Bertz CT molecular complexity index is 854. The zero-order valence-corrected chi connectivity index (χ0v) is 29.9. The maximum Gasteiger partial charge on any atom is 0.256 e. The van der Waals surface area contributed by atoms with Crippen molar-refractivity contribution in [2.24, 2.45) is 0 Å². The lowest BCUT2D eigenvalue weighted by Gasteiger charge is -2.07. The molecule has 0 atom stereocenters. The first kappa shape index (κ1) is 38.6. The number of hydrogen-bond acceptors (Lipinski definition) is 0. The molecule has 1 aromatic heterocycles. The average Bonchev–Trinajstić information content (AvgIpc) is 3.43. The Hall–Kier alpha value is -1.57. The van der Waals surface area contributed by atoms with Crippen LogP contribution in [0.15, 0.2) is 42.7 Å². The van der Waals surface area contributed by atoms with E-state index in [0.717, 1.165) is 6.54 Å². The van der Waals surface area contributed by atoms with Crippen LogP contribution in [0.3, 0.4) is 0 Å². The first-order valence-corrected chi connectivity index (χ1v) is 20.0. The number of unbranched alkanes of at least 4 members (excludes halogenated alkanes) is 24. The summed E-state index contributed by atoms with van der Waals surface area (Å²) in [6.07, 6.45) is 45.6. The predicted octanol–water partition coefficient (Wildman–Crippen LogP) is 13.1. The molecule has 0 aliphatic heterocycles. The highest BCUT2D eigenvalue weighted by atomic mass is 15.1. The third-order valence-corrected chi connectivity index (χ3v) is 9.80. The van der Waals surface area contributed by atoms with E-state index in [4.69, 9.17) is 0 Å². The van der Waals surface area contributed by atoms with Gasteiger partial charge in [-0.05, 0) is 37.7 Å². The number of rotatable bonds is 32. The van der Waals surface area contributed by atoms with Gasteiger partial charge in [-0.1, -0.05) is 192 Å². The van der Waals surface area contributed by atoms with Crippen LogP contribution in [-0.2, 0) is 25.9 Å². The molecule has 2 rings (SSSR count). The molecule has 0 bridgehead atoms. The third-order valence-electron chi connectivity index (χ3n) is 9.80. The Morgan fingerprint density at radius 3 is 1.36 bits per heavy atom. The van der Waals surface area contributed by atoms with Crippen LogP contribution in [0.1, 0.15) is 199 Å². The largest absolute Gasteiger partial charge is 0.256 e. The van der Waals surface area contributed by atoms with E-state index in [1.54, 1.807) is 5.82 Å². The van der Waals surface area contributed by atoms with Gasteiger partial charge in [0.1, 0.15) is 12.4 Å². The molecule has 1 aromatic carbocycles. The van der Waals surface area contributed by atoms with Gasteiger partial charge in [-0.15, -0.1) is 0 Å². The molecule has 0 saturated carbocycles. The first-order valence-electron chi connectivity index (χ1n) is 20.0. The molecule has 0 aliphatic carbocycles. The molecule has 2 heteroatoms. The van der Waals surface area contributed by atoms with Crippen LogP contribution in [0.2, 0.25) is 0 Å². The molecular formula is C42H75N2+. The van der Waals surface area contributed by atoms with Crippen LogP contribution >= 0.6 is 0 Å². The van der Waals surface area contributed by atoms with E-state index in [2.05, 4.69) is 65.7 Å². The zero-order valence-electron chi connectivity index (χ0n) is 29.9. The van der Waals surface area contributed by atoms with Gasteiger partial charge in [-0.2, -0.15) is 0 Å². The fraction of sp³-hybridized carbons (Fsp3) is 0.786. The van der Waals surface area contributed by atoms with Crippen molar-refractivity contribution in [3.05, 3.63) is 54.1 Å². The molecule has 0 aliphatic rings. The highest BCUT2D eigenvalue weighted by Gasteiger charge is 2.16. The number of nitrogens with zero attached hydrogens (tertiary/aromatic N) is 2. The molecule has 252 valence electrons. The normalized spacial score (nSPS) is 11.5. The summed E-state index contributed by atoms with van der Waals surface area (Å²) in [7, 11) is 0. The minimum Gasteiger partial charge on any atom is -0.234 e. The van der Waals surface area contributed by atoms with E-state index in [0.29, 0.717) is 0 Å². The van der Waals surface area contributed by atoms with Crippen LogP contribution < -0.4 is 4.57 Å². The van der Waals surface area contributed by atoms with Crippen LogP contribution in [0.4, 0.5) is 0 Å². The summed E-state index contributed by atoms with van der Waals surface area (Å²) in [6, 6.07) is 11.0. The van der Waals surface area contributed by atoms with Crippen molar-refractivity contribution < 1.29 is 4.57 Å². The number of imidazole rings is 1. The molecule has 44 heavy (non-hydrogen) atoms. The van der Waals surface area contributed by atoms with Crippen LogP contribution in [-0.4, -0.2) is 4.57 Å². The molecule has 0 spiro atoms. The van der Waals surface area contributed by atoms with E-state index in [1.165, 1.54) is 198 Å². The number of aryl methyl sites for hydroxylation is 3. The highest BCUT2D eigenvalue weighted by molar-refractivity contribution is 5.14. The van der Waals surface area contributed by atoms with Gasteiger partial charge in [0.2, 0.25) is 0 Å². The maximum absolute atomic E-state index is 2.61. The molecule has 0 radical (unpaired) electrons. The van der Waals surface area contributed by atoms with Gasteiger partial charge in [0, 0.05) is 6.42 Å². The van der Waals surface area contributed by atoms with Gasteiger partial charge in [-0.25, -0.2) is 9.13 Å². The summed E-state index contributed by atoms with van der Waals surface area (Å²) < 4.78 is 5.19. The third kappa shape index (κ3) is 20.5. The molecule has 1 heterocycles. The molecule has 0 N–H and O–H groups in total. The predicted molar refractivity (Wildman–Crippen MR) is 194 cm³/mol. The van der Waals surface area contributed by atoms with Crippen LogP contribution in [0.5, 0.6) is 0 Å². The van der Waals surface area contributed by atoms with E-state index in [9.17, 15) is 0 Å². The van der Waals surface area contributed by atoms with E-state index >= 15 is 0 Å². The van der Waals surface area contributed by atoms with Gasteiger partial charge in [0.05, 0.1) is 13.1 Å². The van der Waals surface area contributed by atoms with Crippen molar-refractivity contribution in [2.75, 3.05) is 0 Å². The van der Waals surface area contributed by atoms with E-state index in [1.807, 2.05) is 0 Å². The Kier molecular flexibility index (Phi) is 25.3. The van der Waals surface area contributed by atoms with E-state index < -0.39 is 0 Å². The molecular weight excluding hydrogens is 532 g/mol. The average molecular weight is 608 g/mol. The summed E-state index contributed by atoms with van der Waals surface area (Å²) in [5, 5.41) is 0. The lowest BCUT2D eigenvalue weighted by atomic mass is 10.0. The van der Waals surface area contributed by atoms with Crippen molar-refractivity contribution in [3.8, 4) is 0 Å². The fourth-order valence-corrected chi connectivity index (χ4v) is 6.89. The lowest BCUT2D eigenvalue weighted by molar-refractivity contribution is -0.704. The van der Waals surface area contributed by atoms with Gasteiger partial charge in [0.25, 0.3) is 5.82 Å². The number of benzene rings is 1.